The molecule has 0 amide bonds. The summed E-state index contributed by atoms with van der Waals surface area (Å²) < 4.78 is 16.0. The molecule has 1 saturated heterocycles. The Morgan fingerprint density at radius 3 is 2.44 bits per heavy atom. The molecule has 0 saturated carbocycles. The highest BCUT2D eigenvalue weighted by Crippen LogP contribution is 2.26. The quantitative estimate of drug-likeness (QED) is 0.716. The first-order chi connectivity index (χ1) is 12.6. The number of para-hydroxylation sites is 1. The number of hydrogen-bond acceptors (Lipinski definition) is 5. The molecule has 0 radical (unpaired) electrons. The van der Waals surface area contributed by atoms with Gasteiger partial charge in [0, 0.05) is 32.7 Å². The molecule has 8 heteroatoms. The van der Waals surface area contributed by atoms with Crippen LogP contribution in [0.1, 0.15) is 45.5 Å². The van der Waals surface area contributed by atoms with Gasteiger partial charge in [-0.3, -0.25) is 4.90 Å². The van der Waals surface area contributed by atoms with Gasteiger partial charge < -0.3 is 4.90 Å². The van der Waals surface area contributed by atoms with Crippen LogP contribution in [0.5, 0.6) is 0 Å². The minimum absolute atomic E-state index is 0. The molecule has 1 aliphatic rings. The molecule has 6 nitrogen and oxygen atoms in total. The molecular weight excluding hydrogens is 367 g/mol. The summed E-state index contributed by atoms with van der Waals surface area (Å²) in [5, 5.41) is 12.4. The molecule has 3 rings (SSSR count). The van der Waals surface area contributed by atoms with Gasteiger partial charge >= 0.3 is 0 Å². The fourth-order valence-electron chi connectivity index (χ4n) is 3.58. The van der Waals surface area contributed by atoms with E-state index in [1.807, 2.05) is 16.8 Å². The third-order valence-corrected chi connectivity index (χ3v) is 5.11. The van der Waals surface area contributed by atoms with Gasteiger partial charge in [-0.1, -0.05) is 32.9 Å². The average molecular weight is 397 g/mol. The Balaban J connectivity index is 0.00000261. The number of tetrazole rings is 1. The number of nitrogens with zero attached hydrogens (tertiary/aromatic N) is 6. The number of rotatable bonds is 7. The van der Waals surface area contributed by atoms with Crippen LogP contribution in [0.4, 0.5) is 10.1 Å². The van der Waals surface area contributed by atoms with E-state index >= 15 is 0 Å². The molecule has 0 bridgehead atoms. The maximum Gasteiger partial charge on any atom is 0.168 e. The summed E-state index contributed by atoms with van der Waals surface area (Å²) >= 11 is 0. The normalized spacial score (nSPS) is 16.4. The molecule has 1 atom stereocenters. The smallest absolute Gasteiger partial charge is 0.168 e. The van der Waals surface area contributed by atoms with Gasteiger partial charge in [0.05, 0.1) is 11.7 Å². The first kappa shape index (κ1) is 21.6. The maximum absolute atomic E-state index is 14.0. The number of piperazine rings is 1. The lowest BCUT2D eigenvalue weighted by Gasteiger charge is -2.39. The highest BCUT2D eigenvalue weighted by Gasteiger charge is 2.28. The maximum atomic E-state index is 14.0. The second-order valence-electron chi connectivity index (χ2n) is 7.34. The first-order valence-corrected chi connectivity index (χ1v) is 9.59. The van der Waals surface area contributed by atoms with E-state index in [0.717, 1.165) is 51.4 Å². The van der Waals surface area contributed by atoms with Gasteiger partial charge in [-0.2, -0.15) is 0 Å². The van der Waals surface area contributed by atoms with Gasteiger partial charge in [-0.15, -0.1) is 17.5 Å². The van der Waals surface area contributed by atoms with E-state index < -0.39 is 0 Å². The van der Waals surface area contributed by atoms with Crippen molar-refractivity contribution in [3.8, 4) is 0 Å². The van der Waals surface area contributed by atoms with Crippen LogP contribution in [-0.4, -0.2) is 51.3 Å². The molecule has 150 valence electrons. The van der Waals surface area contributed by atoms with Crippen molar-refractivity contribution in [3.63, 3.8) is 0 Å². The van der Waals surface area contributed by atoms with Crippen LogP contribution in [0.15, 0.2) is 24.3 Å². The molecule has 1 fully saturated rings. The molecule has 0 N–H and O–H groups in total. The van der Waals surface area contributed by atoms with Crippen LogP contribution >= 0.6 is 12.4 Å². The number of halogens is 2. The summed E-state index contributed by atoms with van der Waals surface area (Å²) in [5.41, 5.74) is 0.696. The van der Waals surface area contributed by atoms with Crippen molar-refractivity contribution in [3.05, 3.63) is 35.9 Å². The lowest BCUT2D eigenvalue weighted by molar-refractivity contribution is 0.168. The molecule has 0 spiro atoms. The van der Waals surface area contributed by atoms with Gasteiger partial charge in [-0.25, -0.2) is 9.07 Å². The van der Waals surface area contributed by atoms with Crippen LogP contribution < -0.4 is 4.90 Å². The van der Waals surface area contributed by atoms with Crippen LogP contribution in [0, 0.1) is 11.7 Å². The molecule has 2 aromatic rings. The molecule has 1 aromatic heterocycles. The van der Waals surface area contributed by atoms with Gasteiger partial charge in [0.15, 0.2) is 5.82 Å². The second kappa shape index (κ2) is 9.99. The minimum Gasteiger partial charge on any atom is -0.367 e. The third-order valence-electron chi connectivity index (χ3n) is 5.11. The molecule has 27 heavy (non-hydrogen) atoms. The summed E-state index contributed by atoms with van der Waals surface area (Å²) in [7, 11) is 0. The lowest BCUT2D eigenvalue weighted by atomic mass is 10.1. The number of benzene rings is 1. The van der Waals surface area contributed by atoms with E-state index in [0.29, 0.717) is 11.6 Å². The zero-order valence-corrected chi connectivity index (χ0v) is 17.2. The highest BCUT2D eigenvalue weighted by atomic mass is 35.5. The van der Waals surface area contributed by atoms with Crippen LogP contribution in [-0.2, 0) is 6.54 Å². The fourth-order valence-corrected chi connectivity index (χ4v) is 3.58. The number of aromatic nitrogens is 4. The zero-order chi connectivity index (χ0) is 18.5. The van der Waals surface area contributed by atoms with Crippen molar-refractivity contribution >= 4 is 18.1 Å². The van der Waals surface area contributed by atoms with E-state index in [2.05, 4.69) is 46.1 Å². The van der Waals surface area contributed by atoms with Crippen LogP contribution in [0.3, 0.4) is 0 Å². The summed E-state index contributed by atoms with van der Waals surface area (Å²) in [6, 6.07) is 7.22. The lowest BCUT2D eigenvalue weighted by Crippen LogP contribution is -2.48. The van der Waals surface area contributed by atoms with Crippen LogP contribution in [0.2, 0.25) is 0 Å². The van der Waals surface area contributed by atoms with Crippen molar-refractivity contribution in [2.24, 2.45) is 5.92 Å². The Morgan fingerprint density at radius 1 is 1.11 bits per heavy atom. The first-order valence-electron chi connectivity index (χ1n) is 9.59. The van der Waals surface area contributed by atoms with Gasteiger partial charge in [0.25, 0.3) is 0 Å². The number of aryl methyl sites for hydroxylation is 1. The number of anilines is 1. The fraction of sp³-hybridized carbons (Fsp3) is 0.632. The van der Waals surface area contributed by atoms with Crippen molar-refractivity contribution in [1.29, 1.82) is 0 Å². The Labute approximate surface area is 167 Å². The van der Waals surface area contributed by atoms with E-state index in [9.17, 15) is 4.39 Å². The second-order valence-corrected chi connectivity index (χ2v) is 7.34. The predicted octanol–water partition coefficient (Wildman–Crippen LogP) is 3.55. The van der Waals surface area contributed by atoms with Crippen molar-refractivity contribution in [2.75, 3.05) is 31.1 Å². The van der Waals surface area contributed by atoms with Crippen molar-refractivity contribution < 1.29 is 4.39 Å². The van der Waals surface area contributed by atoms with E-state index in [-0.39, 0.29) is 24.3 Å². The SMILES string of the molecule is CCC(c1nnnn1CCC(C)C)N1CCN(c2ccccc2F)CC1.Cl. The van der Waals surface area contributed by atoms with Crippen LogP contribution in [0.25, 0.3) is 0 Å². The van der Waals surface area contributed by atoms with E-state index in [4.69, 9.17) is 0 Å². The van der Waals surface area contributed by atoms with Gasteiger partial charge in [0.2, 0.25) is 0 Å². The molecule has 0 aliphatic carbocycles. The third kappa shape index (κ3) is 5.17. The molecule has 1 aromatic carbocycles. The van der Waals surface area contributed by atoms with Gasteiger partial charge in [-0.05, 0) is 41.3 Å². The standard InChI is InChI=1S/C19H29FN6.ClH/c1-4-17(19-21-22-23-26(19)10-9-15(2)3)24-11-13-25(14-12-24)18-8-6-5-7-16(18)20;/h5-8,15,17H,4,9-14H2,1-3H3;1H. The minimum atomic E-state index is -0.148. The Hall–Kier alpha value is -1.73. The summed E-state index contributed by atoms with van der Waals surface area (Å²) in [6.07, 6.45) is 2.03. The summed E-state index contributed by atoms with van der Waals surface area (Å²) in [4.78, 5) is 4.55. The summed E-state index contributed by atoms with van der Waals surface area (Å²) in [6.45, 7) is 10.8. The molecule has 2 heterocycles. The monoisotopic (exact) mass is 396 g/mol. The molecule has 1 unspecified atom stereocenters. The Kier molecular flexibility index (Phi) is 7.98. The van der Waals surface area contributed by atoms with E-state index in [1.165, 1.54) is 6.07 Å². The van der Waals surface area contributed by atoms with Crippen molar-refractivity contribution in [2.45, 2.75) is 46.2 Å². The average Bonchev–Trinajstić information content (AvgIpc) is 3.10. The largest absolute Gasteiger partial charge is 0.367 e. The van der Waals surface area contributed by atoms with Crippen molar-refractivity contribution in [1.82, 2.24) is 25.1 Å². The Bertz CT molecular complexity index is 699. The molecule has 1 aliphatic heterocycles. The Morgan fingerprint density at radius 2 is 1.81 bits per heavy atom. The summed E-state index contributed by atoms with van der Waals surface area (Å²) in [5.74, 6) is 1.43. The number of hydrogen-bond donors (Lipinski definition) is 0. The van der Waals surface area contributed by atoms with E-state index in [1.54, 1.807) is 6.07 Å². The predicted molar refractivity (Wildman–Crippen MR) is 108 cm³/mol. The zero-order valence-electron chi connectivity index (χ0n) is 16.4. The topological polar surface area (TPSA) is 50.1 Å². The molecular formula is C19H30ClFN6. The highest BCUT2D eigenvalue weighted by molar-refractivity contribution is 5.85. The van der Waals surface area contributed by atoms with Gasteiger partial charge in [0.1, 0.15) is 5.82 Å².